The maximum atomic E-state index is 14.0. The highest BCUT2D eigenvalue weighted by Crippen LogP contribution is 2.58. The highest BCUT2D eigenvalue weighted by atomic mass is 19.1. The second-order valence-corrected chi connectivity index (χ2v) is 12.2. The van der Waals surface area contributed by atoms with Gasteiger partial charge in [0.05, 0.1) is 5.52 Å². The molecule has 11 heteroatoms. The summed E-state index contributed by atoms with van der Waals surface area (Å²) in [4.78, 5) is 35.6. The zero-order valence-corrected chi connectivity index (χ0v) is 24.0. The fourth-order valence-corrected chi connectivity index (χ4v) is 7.11. The number of rotatable bonds is 7. The van der Waals surface area contributed by atoms with Crippen molar-refractivity contribution in [1.29, 1.82) is 0 Å². The average molecular weight is 586 g/mol. The summed E-state index contributed by atoms with van der Waals surface area (Å²) >= 11 is 0. The number of amides is 1. The van der Waals surface area contributed by atoms with Crippen LogP contribution in [0.3, 0.4) is 0 Å². The molecule has 2 unspecified atom stereocenters. The molecule has 5 atom stereocenters. The molecule has 2 aliphatic heterocycles. The minimum absolute atomic E-state index is 0.0131. The van der Waals surface area contributed by atoms with Crippen molar-refractivity contribution in [2.75, 3.05) is 51.3 Å². The third kappa shape index (κ3) is 5.07. The second-order valence-electron chi connectivity index (χ2n) is 12.2. The van der Waals surface area contributed by atoms with Crippen LogP contribution in [-0.2, 0) is 11.2 Å². The molecule has 3 fully saturated rings. The molecular weight excluding hydrogens is 552 g/mol. The lowest BCUT2D eigenvalue weighted by Crippen LogP contribution is -2.56. The Labute approximate surface area is 249 Å². The van der Waals surface area contributed by atoms with Crippen LogP contribution in [0.5, 0.6) is 6.01 Å². The predicted octanol–water partition coefficient (Wildman–Crippen LogP) is 4.19. The Kier molecular flexibility index (Phi) is 6.96. The van der Waals surface area contributed by atoms with Crippen LogP contribution in [0.4, 0.5) is 14.6 Å². The van der Waals surface area contributed by atoms with Gasteiger partial charge >= 0.3 is 6.01 Å². The van der Waals surface area contributed by atoms with Gasteiger partial charge in [-0.25, -0.2) is 15.4 Å². The van der Waals surface area contributed by atoms with E-state index in [0.29, 0.717) is 42.3 Å². The van der Waals surface area contributed by atoms with Crippen LogP contribution in [0.2, 0.25) is 0 Å². The van der Waals surface area contributed by atoms with Crippen molar-refractivity contribution in [2.45, 2.75) is 43.4 Å². The Hall–Kier alpha value is -4.17. The van der Waals surface area contributed by atoms with Crippen molar-refractivity contribution in [3.8, 4) is 17.1 Å². The minimum atomic E-state index is -1.04. The molecule has 43 heavy (non-hydrogen) atoms. The summed E-state index contributed by atoms with van der Waals surface area (Å²) in [5.74, 6) is 0.0465. The maximum Gasteiger partial charge on any atom is 0.319 e. The van der Waals surface area contributed by atoms with Gasteiger partial charge in [-0.05, 0) is 60.9 Å². The van der Waals surface area contributed by atoms with Crippen LogP contribution in [0, 0.1) is 12.5 Å². The van der Waals surface area contributed by atoms with Gasteiger partial charge in [0.25, 0.3) is 5.91 Å². The number of halogens is 2. The van der Waals surface area contributed by atoms with Crippen molar-refractivity contribution < 1.29 is 18.3 Å². The van der Waals surface area contributed by atoms with Crippen molar-refractivity contribution in [2.24, 2.45) is 5.92 Å². The standard InChI is InChI=1S/C32H33F2N7O2/c1-18(33)31(42)41-8-7-40(16-24(41)14-35-2)30-29-27(37-32(38-30)43-17-23-12-22(34)15-39(23)3)11-21(13-36-29)25-6-4-5-19-9-20-10-26(20)28(19)25/h4-6,11,13,20,22-24,26H,1,7-10,12,14-17H2,3H3/t20?,22-,23+,24+,26?/m1/s1. The molecule has 2 aliphatic carbocycles. The number of nitrogens with zero attached hydrogens (tertiary/aromatic N) is 7. The van der Waals surface area contributed by atoms with E-state index >= 15 is 0 Å². The van der Waals surface area contributed by atoms with E-state index in [1.807, 2.05) is 29.1 Å². The molecule has 2 saturated heterocycles. The van der Waals surface area contributed by atoms with E-state index in [-0.39, 0.29) is 38.3 Å². The summed E-state index contributed by atoms with van der Waals surface area (Å²) in [5.41, 5.74) is 6.17. The summed E-state index contributed by atoms with van der Waals surface area (Å²) in [6.07, 6.45) is 3.72. The first-order chi connectivity index (χ1) is 20.8. The normalized spacial score (nSPS) is 26.2. The number of piperazine rings is 1. The first-order valence-electron chi connectivity index (χ1n) is 14.8. The first-order valence-corrected chi connectivity index (χ1v) is 14.8. The van der Waals surface area contributed by atoms with Gasteiger partial charge in [-0.3, -0.25) is 14.7 Å². The van der Waals surface area contributed by atoms with Gasteiger partial charge in [-0.1, -0.05) is 24.8 Å². The van der Waals surface area contributed by atoms with Crippen LogP contribution in [0.25, 0.3) is 27.0 Å². The molecule has 0 radical (unpaired) electrons. The number of pyridine rings is 1. The first kappa shape index (κ1) is 27.7. The quantitative estimate of drug-likeness (QED) is 0.304. The molecule has 0 N–H and O–H groups in total. The summed E-state index contributed by atoms with van der Waals surface area (Å²) in [6, 6.07) is 8.01. The molecule has 2 aromatic heterocycles. The molecule has 1 saturated carbocycles. The van der Waals surface area contributed by atoms with Gasteiger partial charge < -0.3 is 19.4 Å². The number of ether oxygens (including phenoxy) is 1. The highest BCUT2D eigenvalue weighted by molar-refractivity contribution is 5.92. The highest BCUT2D eigenvalue weighted by Gasteiger charge is 2.46. The van der Waals surface area contributed by atoms with Gasteiger partial charge in [0, 0.05) is 44.0 Å². The molecule has 4 heterocycles. The van der Waals surface area contributed by atoms with Gasteiger partial charge in [-0.2, -0.15) is 9.97 Å². The fourth-order valence-electron chi connectivity index (χ4n) is 7.11. The SMILES string of the molecule is [C-]#[N+]C[C@H]1CN(c2nc(OC[C@@H]3C[C@@H](F)CN3C)nc3cc(-c4cccc5c4C4CC4C5)cnc23)CCN1C(=O)C(=C)F. The molecule has 0 bridgehead atoms. The fraction of sp³-hybridized carbons (Fsp3) is 0.469. The Morgan fingerprint density at radius 2 is 2.07 bits per heavy atom. The maximum absolute atomic E-state index is 14.0. The Morgan fingerprint density at radius 3 is 2.84 bits per heavy atom. The van der Waals surface area contributed by atoms with E-state index in [0.717, 1.165) is 17.9 Å². The number of likely N-dealkylation sites (N-methyl/N-ethyl adjacent to an activating group) is 1. The number of carbonyl (C=O) groups is 1. The van der Waals surface area contributed by atoms with E-state index in [2.05, 4.69) is 29.6 Å². The van der Waals surface area contributed by atoms with E-state index in [1.165, 1.54) is 28.0 Å². The van der Waals surface area contributed by atoms with Crippen molar-refractivity contribution in [3.05, 3.63) is 65.4 Å². The zero-order chi connectivity index (χ0) is 29.8. The summed E-state index contributed by atoms with van der Waals surface area (Å²) in [5, 5.41) is 0. The van der Waals surface area contributed by atoms with Crippen LogP contribution in [-0.4, -0.2) is 95.3 Å². The van der Waals surface area contributed by atoms with Crippen molar-refractivity contribution in [3.63, 3.8) is 0 Å². The number of anilines is 1. The Morgan fingerprint density at radius 1 is 1.21 bits per heavy atom. The smallest absolute Gasteiger partial charge is 0.319 e. The molecule has 1 amide bonds. The third-order valence-corrected chi connectivity index (χ3v) is 9.40. The third-order valence-electron chi connectivity index (χ3n) is 9.40. The van der Waals surface area contributed by atoms with Gasteiger partial charge in [0.1, 0.15) is 24.3 Å². The molecule has 0 spiro atoms. The summed E-state index contributed by atoms with van der Waals surface area (Å²) in [6.45, 7) is 12.0. The molecule has 222 valence electrons. The number of aromatic nitrogens is 3. The van der Waals surface area contributed by atoms with Crippen molar-refractivity contribution >= 4 is 22.8 Å². The van der Waals surface area contributed by atoms with Gasteiger partial charge in [-0.15, -0.1) is 0 Å². The molecule has 4 aliphatic rings. The number of carbonyl (C=O) groups excluding carboxylic acids is 1. The number of alkyl halides is 1. The number of benzene rings is 1. The molecule has 9 nitrogen and oxygen atoms in total. The molecule has 3 aromatic rings. The number of fused-ring (bicyclic) bond motifs is 4. The van der Waals surface area contributed by atoms with Crippen LogP contribution < -0.4 is 9.64 Å². The average Bonchev–Trinajstić information content (AvgIpc) is 3.54. The van der Waals surface area contributed by atoms with Crippen molar-refractivity contribution in [1.82, 2.24) is 24.8 Å². The monoisotopic (exact) mass is 585 g/mol. The molecule has 7 rings (SSSR count). The van der Waals surface area contributed by atoms with E-state index < -0.39 is 23.9 Å². The zero-order valence-electron chi connectivity index (χ0n) is 24.0. The lowest BCUT2D eigenvalue weighted by Gasteiger charge is -2.39. The molecule has 1 aromatic carbocycles. The van der Waals surface area contributed by atoms with E-state index in [9.17, 15) is 13.6 Å². The number of hydrogen-bond acceptors (Lipinski definition) is 7. The predicted molar refractivity (Wildman–Crippen MR) is 158 cm³/mol. The van der Waals surface area contributed by atoms with Gasteiger partial charge in [0.2, 0.25) is 6.54 Å². The van der Waals surface area contributed by atoms with E-state index in [4.69, 9.17) is 26.3 Å². The van der Waals surface area contributed by atoms with E-state index in [1.54, 1.807) is 0 Å². The minimum Gasteiger partial charge on any atom is -0.462 e. The number of likely N-dealkylation sites (tertiary alicyclic amines) is 1. The summed E-state index contributed by atoms with van der Waals surface area (Å²) in [7, 11) is 1.88. The lowest BCUT2D eigenvalue weighted by atomic mass is 9.95. The lowest BCUT2D eigenvalue weighted by molar-refractivity contribution is -0.131. The second kappa shape index (κ2) is 10.8. The van der Waals surface area contributed by atoms with Gasteiger partial charge in [0.15, 0.2) is 11.6 Å². The number of hydrogen-bond donors (Lipinski definition) is 0. The van der Waals surface area contributed by atoms with Crippen LogP contribution in [0.15, 0.2) is 42.9 Å². The summed E-state index contributed by atoms with van der Waals surface area (Å²) < 4.78 is 33.9. The Bertz CT molecular complexity index is 1660. The topological polar surface area (TPSA) is 79.1 Å². The van der Waals surface area contributed by atoms with Crippen LogP contribution in [0.1, 0.15) is 29.9 Å². The largest absolute Gasteiger partial charge is 0.462 e. The Balaban J connectivity index is 1.25. The molecular formula is C32H33F2N7O2. The van der Waals surface area contributed by atoms with Crippen LogP contribution >= 0.6 is 0 Å².